The van der Waals surface area contributed by atoms with Gasteiger partial charge in [0.1, 0.15) is 0 Å². The van der Waals surface area contributed by atoms with Crippen molar-refractivity contribution in [2.24, 2.45) is 5.92 Å². The number of carbonyl (C=O) groups excluding carboxylic acids is 2. The highest BCUT2D eigenvalue weighted by atomic mass is 16.4. The quantitative estimate of drug-likeness (QED) is 0.874. The fourth-order valence-electron chi connectivity index (χ4n) is 2.68. The summed E-state index contributed by atoms with van der Waals surface area (Å²) in [5, 5.41) is 9.07. The summed E-state index contributed by atoms with van der Waals surface area (Å²) in [6, 6.07) is 0. The van der Waals surface area contributed by atoms with Crippen molar-refractivity contribution in [3.05, 3.63) is 17.3 Å². The summed E-state index contributed by atoms with van der Waals surface area (Å²) in [5.74, 6) is -1.58. The molecule has 1 saturated heterocycles. The Morgan fingerprint density at radius 2 is 2.09 bits per heavy atom. The van der Waals surface area contributed by atoms with E-state index in [1.807, 2.05) is 0 Å². The molecule has 1 unspecified atom stereocenters. The lowest BCUT2D eigenvalue weighted by atomic mass is 9.98. The molecule has 1 aliphatic heterocycles. The van der Waals surface area contributed by atoms with Crippen molar-refractivity contribution in [1.29, 1.82) is 0 Å². The van der Waals surface area contributed by atoms with Gasteiger partial charge >= 0.3 is 5.97 Å². The number of hydrogen-bond donors (Lipinski definition) is 1. The first-order valence-electron chi connectivity index (χ1n) is 7.49. The zero-order valence-electron chi connectivity index (χ0n) is 13.5. The monoisotopic (exact) mass is 323 g/mol. The molecule has 8 heteroatoms. The van der Waals surface area contributed by atoms with E-state index in [-0.39, 0.29) is 24.8 Å². The van der Waals surface area contributed by atoms with Crippen LogP contribution in [0, 0.1) is 19.8 Å². The maximum Gasteiger partial charge on any atom is 0.308 e. The predicted molar refractivity (Wildman–Crippen MR) is 79.9 cm³/mol. The predicted octanol–water partition coefficient (Wildman–Crippen LogP) is 0.687. The number of rotatable bonds is 4. The molecule has 126 valence electrons. The molecule has 1 aromatic rings. The summed E-state index contributed by atoms with van der Waals surface area (Å²) >= 11 is 0. The van der Waals surface area contributed by atoms with Crippen LogP contribution in [-0.2, 0) is 9.59 Å². The molecule has 2 amide bonds. The van der Waals surface area contributed by atoms with Gasteiger partial charge in [0.15, 0.2) is 5.89 Å². The van der Waals surface area contributed by atoms with Gasteiger partial charge in [-0.15, -0.1) is 0 Å². The van der Waals surface area contributed by atoms with E-state index in [0.29, 0.717) is 31.0 Å². The van der Waals surface area contributed by atoms with Crippen LogP contribution in [-0.4, -0.2) is 64.4 Å². The van der Waals surface area contributed by atoms with E-state index in [0.717, 1.165) is 0 Å². The van der Waals surface area contributed by atoms with Gasteiger partial charge in [-0.3, -0.25) is 14.4 Å². The fraction of sp³-hybridized carbons (Fsp3) is 0.600. The first-order chi connectivity index (χ1) is 10.8. The molecule has 0 saturated carbocycles. The van der Waals surface area contributed by atoms with Crippen LogP contribution >= 0.6 is 0 Å². The Bertz CT molecular complexity index is 625. The minimum Gasteiger partial charge on any atom is -0.481 e. The van der Waals surface area contributed by atoms with Crippen LogP contribution in [0.4, 0.5) is 0 Å². The van der Waals surface area contributed by atoms with E-state index in [1.165, 1.54) is 16.8 Å². The highest BCUT2D eigenvalue weighted by Crippen LogP contribution is 2.17. The van der Waals surface area contributed by atoms with E-state index in [9.17, 15) is 14.4 Å². The van der Waals surface area contributed by atoms with E-state index in [2.05, 4.69) is 4.98 Å². The summed E-state index contributed by atoms with van der Waals surface area (Å²) in [4.78, 5) is 42.5. The number of likely N-dealkylation sites (tertiary alicyclic amines) is 1. The number of carboxylic acids is 1. The Kier molecular flexibility index (Phi) is 5.02. The number of aromatic nitrogens is 1. The molecule has 1 atom stereocenters. The molecule has 1 fully saturated rings. The molecular weight excluding hydrogens is 302 g/mol. The van der Waals surface area contributed by atoms with Gasteiger partial charge in [-0.2, -0.15) is 0 Å². The minimum absolute atomic E-state index is 0.121. The molecule has 2 heterocycles. The smallest absolute Gasteiger partial charge is 0.308 e. The number of hydrogen-bond acceptors (Lipinski definition) is 5. The van der Waals surface area contributed by atoms with E-state index in [4.69, 9.17) is 9.52 Å². The summed E-state index contributed by atoms with van der Waals surface area (Å²) in [6.45, 7) is 3.91. The van der Waals surface area contributed by atoms with Crippen LogP contribution in [0.5, 0.6) is 0 Å². The molecule has 8 nitrogen and oxygen atoms in total. The Labute approximate surface area is 134 Å². The second-order valence-electron chi connectivity index (χ2n) is 5.83. The zero-order chi connectivity index (χ0) is 17.1. The number of oxazole rings is 1. The summed E-state index contributed by atoms with van der Waals surface area (Å²) in [7, 11) is 1.51. The van der Waals surface area contributed by atoms with Gasteiger partial charge in [0.05, 0.1) is 18.2 Å². The normalized spacial score (nSPS) is 17.9. The Morgan fingerprint density at radius 1 is 1.39 bits per heavy atom. The first-order valence-corrected chi connectivity index (χ1v) is 7.49. The second-order valence-corrected chi connectivity index (χ2v) is 5.83. The Hall–Kier alpha value is -2.38. The maximum absolute atomic E-state index is 12.3. The number of carboxylic acid groups (broad SMARTS) is 1. The van der Waals surface area contributed by atoms with Gasteiger partial charge < -0.3 is 19.3 Å². The van der Waals surface area contributed by atoms with Gasteiger partial charge in [0.25, 0.3) is 5.91 Å². The zero-order valence-corrected chi connectivity index (χ0v) is 13.5. The molecule has 0 radical (unpaired) electrons. The molecule has 0 bridgehead atoms. The number of piperidine rings is 1. The van der Waals surface area contributed by atoms with Crippen molar-refractivity contribution in [3.8, 4) is 0 Å². The molecule has 0 spiro atoms. The minimum atomic E-state index is -0.889. The third-order valence-electron chi connectivity index (χ3n) is 3.94. The summed E-state index contributed by atoms with van der Waals surface area (Å²) < 4.78 is 5.27. The third-order valence-corrected chi connectivity index (χ3v) is 3.94. The Morgan fingerprint density at radius 3 is 2.65 bits per heavy atom. The van der Waals surface area contributed by atoms with Crippen molar-refractivity contribution >= 4 is 17.8 Å². The highest BCUT2D eigenvalue weighted by molar-refractivity contribution is 5.95. The molecule has 0 aromatic carbocycles. The molecule has 23 heavy (non-hydrogen) atoms. The lowest BCUT2D eigenvalue weighted by molar-refractivity contribution is -0.145. The topological polar surface area (TPSA) is 104 Å². The van der Waals surface area contributed by atoms with Crippen molar-refractivity contribution in [1.82, 2.24) is 14.8 Å². The van der Waals surface area contributed by atoms with Crippen LogP contribution in [0.25, 0.3) is 0 Å². The standard InChI is InChI=1S/C15H21N3O5/c1-9-13(23-10(2)16-9)14(20)17(3)8-12(19)18-6-4-5-11(7-18)15(21)22/h11H,4-8H2,1-3H3,(H,21,22). The van der Waals surface area contributed by atoms with Crippen molar-refractivity contribution in [2.75, 3.05) is 26.7 Å². The van der Waals surface area contributed by atoms with Crippen LogP contribution in [0.15, 0.2) is 4.42 Å². The lowest BCUT2D eigenvalue weighted by Gasteiger charge is -2.31. The van der Waals surface area contributed by atoms with Gasteiger partial charge in [-0.1, -0.05) is 0 Å². The van der Waals surface area contributed by atoms with Crippen molar-refractivity contribution < 1.29 is 23.9 Å². The third kappa shape index (κ3) is 3.88. The van der Waals surface area contributed by atoms with Crippen molar-refractivity contribution in [2.45, 2.75) is 26.7 Å². The number of amides is 2. The number of likely N-dealkylation sites (N-methyl/N-ethyl adjacent to an activating group) is 1. The first kappa shape index (κ1) is 17.0. The molecule has 1 aromatic heterocycles. The Balaban J connectivity index is 1.98. The van der Waals surface area contributed by atoms with Gasteiger partial charge in [-0.25, -0.2) is 4.98 Å². The van der Waals surface area contributed by atoms with Gasteiger partial charge in [-0.05, 0) is 19.8 Å². The van der Waals surface area contributed by atoms with Crippen molar-refractivity contribution in [3.63, 3.8) is 0 Å². The SMILES string of the molecule is Cc1nc(C)c(C(=O)N(C)CC(=O)N2CCCC(C(=O)O)C2)o1. The fourth-order valence-corrected chi connectivity index (χ4v) is 2.68. The number of aliphatic carboxylic acids is 1. The van der Waals surface area contributed by atoms with Crippen LogP contribution < -0.4 is 0 Å². The molecule has 1 aliphatic rings. The maximum atomic E-state index is 12.3. The molecule has 0 aliphatic carbocycles. The molecular formula is C15H21N3O5. The van der Waals surface area contributed by atoms with Gasteiger partial charge in [0, 0.05) is 27.1 Å². The van der Waals surface area contributed by atoms with E-state index in [1.54, 1.807) is 13.8 Å². The number of aryl methyl sites for hydroxylation is 2. The van der Waals surface area contributed by atoms with Crippen LogP contribution in [0.2, 0.25) is 0 Å². The summed E-state index contributed by atoms with van der Waals surface area (Å²) in [5.41, 5.74) is 0.482. The van der Waals surface area contributed by atoms with Crippen LogP contribution in [0.3, 0.4) is 0 Å². The van der Waals surface area contributed by atoms with E-state index < -0.39 is 17.8 Å². The second kappa shape index (κ2) is 6.80. The van der Waals surface area contributed by atoms with E-state index >= 15 is 0 Å². The lowest BCUT2D eigenvalue weighted by Crippen LogP contribution is -2.46. The average molecular weight is 323 g/mol. The molecule has 1 N–H and O–H groups in total. The largest absolute Gasteiger partial charge is 0.481 e. The number of carbonyl (C=O) groups is 3. The molecule has 2 rings (SSSR count). The highest BCUT2D eigenvalue weighted by Gasteiger charge is 2.29. The number of nitrogens with zero attached hydrogens (tertiary/aromatic N) is 3. The van der Waals surface area contributed by atoms with Gasteiger partial charge in [0.2, 0.25) is 11.7 Å². The van der Waals surface area contributed by atoms with Crippen LogP contribution in [0.1, 0.15) is 35.0 Å². The summed E-state index contributed by atoms with van der Waals surface area (Å²) in [6.07, 6.45) is 1.23. The average Bonchev–Trinajstić information content (AvgIpc) is 2.85.